The average molecular weight is 395 g/mol. The van der Waals surface area contributed by atoms with E-state index < -0.39 is 10.0 Å². The van der Waals surface area contributed by atoms with E-state index in [-0.39, 0.29) is 4.90 Å². The van der Waals surface area contributed by atoms with Gasteiger partial charge in [0.15, 0.2) is 0 Å². The Kier molecular flexibility index (Phi) is 5.59. The van der Waals surface area contributed by atoms with E-state index in [1.54, 1.807) is 23.9 Å². The summed E-state index contributed by atoms with van der Waals surface area (Å²) in [7, 11) is 0.348. The Morgan fingerprint density at radius 2 is 2.00 bits per heavy atom. The molecule has 3 rings (SSSR count). The zero-order valence-electron chi connectivity index (χ0n) is 14.7. The molecule has 140 valence electrons. The predicted molar refractivity (Wildman–Crippen MR) is 105 cm³/mol. The molecule has 0 saturated heterocycles. The normalized spacial score (nSPS) is 15.1. The van der Waals surface area contributed by atoms with Crippen molar-refractivity contribution in [2.24, 2.45) is 4.40 Å². The van der Waals surface area contributed by atoms with Crippen LogP contribution >= 0.6 is 11.8 Å². The summed E-state index contributed by atoms with van der Waals surface area (Å²) in [6.45, 7) is 1.36. The van der Waals surface area contributed by atoms with E-state index in [1.165, 1.54) is 6.07 Å². The van der Waals surface area contributed by atoms with Crippen LogP contribution in [0, 0.1) is 0 Å². The minimum Gasteiger partial charge on any atom is -0.464 e. The maximum atomic E-state index is 12.1. The molecule has 1 aromatic heterocycles. The van der Waals surface area contributed by atoms with E-state index >= 15 is 0 Å². The fourth-order valence-corrected chi connectivity index (χ4v) is 4.63. The summed E-state index contributed by atoms with van der Waals surface area (Å²) in [5.74, 6) is 3.75. The minimum absolute atomic E-state index is 0.164. The van der Waals surface area contributed by atoms with Crippen LogP contribution in [0.5, 0.6) is 0 Å². The molecule has 0 saturated carbocycles. The molecule has 7 nitrogen and oxygen atoms in total. The summed E-state index contributed by atoms with van der Waals surface area (Å²) in [4.78, 5) is 2.22. The number of nitrogen functional groups attached to an aromatic ring is 1. The van der Waals surface area contributed by atoms with Crippen molar-refractivity contribution in [3.63, 3.8) is 0 Å². The number of benzene rings is 1. The standard InChI is InChI=1S/C17H22N4O3S2/c1-21(2)10-12-6-7-13(24-12)11-25-9-8-19-17-16-14(18)4-3-5-15(16)26(22,23)20-17/h3-7H,8-11,18H2,1-2H3,(H,19,20). The van der Waals surface area contributed by atoms with Crippen molar-refractivity contribution in [3.05, 3.63) is 47.4 Å². The molecule has 0 bridgehead atoms. The van der Waals surface area contributed by atoms with Crippen molar-refractivity contribution >= 4 is 33.3 Å². The first-order valence-corrected chi connectivity index (χ1v) is 10.7. The highest BCUT2D eigenvalue weighted by atomic mass is 32.2. The Bertz CT molecular complexity index is 920. The summed E-state index contributed by atoms with van der Waals surface area (Å²) in [6.07, 6.45) is 0. The van der Waals surface area contributed by atoms with Crippen LogP contribution < -0.4 is 11.1 Å². The van der Waals surface area contributed by atoms with E-state index in [9.17, 15) is 8.42 Å². The second kappa shape index (κ2) is 7.73. The Morgan fingerprint density at radius 1 is 1.23 bits per heavy atom. The van der Waals surface area contributed by atoms with Crippen molar-refractivity contribution in [2.75, 3.05) is 32.1 Å². The number of rotatable bonds is 7. The molecule has 0 atom stereocenters. The van der Waals surface area contributed by atoms with Crippen molar-refractivity contribution in [2.45, 2.75) is 17.2 Å². The molecule has 0 radical (unpaired) electrons. The number of furan rings is 1. The van der Waals surface area contributed by atoms with Crippen LogP contribution in [0.2, 0.25) is 0 Å². The molecular weight excluding hydrogens is 372 g/mol. The topological polar surface area (TPSA) is 101 Å². The molecular formula is C17H22N4O3S2. The first-order valence-electron chi connectivity index (χ1n) is 8.14. The number of fused-ring (bicyclic) bond motifs is 1. The Morgan fingerprint density at radius 3 is 2.77 bits per heavy atom. The van der Waals surface area contributed by atoms with E-state index in [0.717, 1.165) is 29.6 Å². The van der Waals surface area contributed by atoms with Crippen LogP contribution in [-0.2, 0) is 22.3 Å². The first-order chi connectivity index (χ1) is 12.4. The second-order valence-electron chi connectivity index (χ2n) is 6.22. The van der Waals surface area contributed by atoms with Crippen LogP contribution in [0.25, 0.3) is 0 Å². The Hall–Kier alpha value is -1.97. The smallest absolute Gasteiger partial charge is 0.285 e. The lowest BCUT2D eigenvalue weighted by molar-refractivity contribution is 0.344. The number of nitrogens with two attached hydrogens (primary N) is 1. The molecule has 0 fully saturated rings. The van der Waals surface area contributed by atoms with Gasteiger partial charge in [-0.2, -0.15) is 20.2 Å². The van der Waals surface area contributed by atoms with Gasteiger partial charge in [0.2, 0.25) is 0 Å². The molecule has 2 heterocycles. The SMILES string of the molecule is CN(C)Cc1ccc(CSCCNC2=NS(=O)(=O)c3cccc(N)c32)o1. The van der Waals surface area contributed by atoms with Crippen molar-refractivity contribution in [3.8, 4) is 0 Å². The van der Waals surface area contributed by atoms with Crippen LogP contribution in [0.15, 0.2) is 44.0 Å². The Balaban J connectivity index is 1.50. The lowest BCUT2D eigenvalue weighted by Gasteiger charge is -2.08. The van der Waals surface area contributed by atoms with Gasteiger partial charge in [-0.25, -0.2) is 0 Å². The van der Waals surface area contributed by atoms with Gasteiger partial charge in [0.25, 0.3) is 10.0 Å². The lowest BCUT2D eigenvalue weighted by atomic mass is 10.1. The van der Waals surface area contributed by atoms with Gasteiger partial charge in [-0.15, -0.1) is 4.40 Å². The van der Waals surface area contributed by atoms with Crippen LogP contribution in [-0.4, -0.2) is 45.5 Å². The summed E-state index contributed by atoms with van der Waals surface area (Å²) in [6, 6.07) is 8.80. The van der Waals surface area contributed by atoms with Gasteiger partial charge in [0.05, 0.1) is 17.9 Å². The molecule has 0 aliphatic carbocycles. The van der Waals surface area contributed by atoms with Crippen LogP contribution in [0.4, 0.5) is 5.69 Å². The first kappa shape index (κ1) is 18.8. The largest absolute Gasteiger partial charge is 0.464 e. The molecule has 2 aromatic rings. The number of anilines is 1. The minimum atomic E-state index is -3.65. The summed E-state index contributed by atoms with van der Waals surface area (Å²) >= 11 is 1.70. The number of nitrogens with zero attached hydrogens (tertiary/aromatic N) is 2. The fourth-order valence-electron chi connectivity index (χ4n) is 2.66. The zero-order chi connectivity index (χ0) is 18.7. The van der Waals surface area contributed by atoms with Crippen molar-refractivity contribution in [1.82, 2.24) is 10.2 Å². The number of nitrogens with one attached hydrogen (secondary N) is 1. The number of hydrogen-bond acceptors (Lipinski definition) is 7. The lowest BCUT2D eigenvalue weighted by Crippen LogP contribution is -2.26. The van der Waals surface area contributed by atoms with E-state index in [1.807, 2.05) is 26.2 Å². The molecule has 1 aliphatic heterocycles. The number of amidine groups is 1. The third-order valence-electron chi connectivity index (χ3n) is 3.76. The van der Waals surface area contributed by atoms with Gasteiger partial charge < -0.3 is 20.4 Å². The zero-order valence-corrected chi connectivity index (χ0v) is 16.4. The highest BCUT2D eigenvalue weighted by Crippen LogP contribution is 2.29. The van der Waals surface area contributed by atoms with Crippen molar-refractivity contribution < 1.29 is 12.8 Å². The van der Waals surface area contributed by atoms with Crippen LogP contribution in [0.3, 0.4) is 0 Å². The molecule has 0 amide bonds. The molecule has 1 aromatic carbocycles. The molecule has 3 N–H and O–H groups in total. The van der Waals surface area contributed by atoms with E-state index in [2.05, 4.69) is 14.6 Å². The van der Waals surface area contributed by atoms with Crippen molar-refractivity contribution in [1.29, 1.82) is 0 Å². The molecule has 26 heavy (non-hydrogen) atoms. The summed E-state index contributed by atoms with van der Waals surface area (Å²) < 4.78 is 33.7. The number of thioether (sulfide) groups is 1. The highest BCUT2D eigenvalue weighted by molar-refractivity contribution is 7.98. The number of sulfonamides is 1. The van der Waals surface area contributed by atoms with Crippen LogP contribution in [0.1, 0.15) is 17.1 Å². The van der Waals surface area contributed by atoms with Gasteiger partial charge >= 0.3 is 0 Å². The Labute approximate surface area is 157 Å². The molecule has 9 heteroatoms. The van der Waals surface area contributed by atoms with Gasteiger partial charge in [-0.05, 0) is 38.4 Å². The van der Waals surface area contributed by atoms with E-state index in [4.69, 9.17) is 10.2 Å². The third kappa shape index (κ3) is 4.22. The van der Waals surface area contributed by atoms with Gasteiger partial charge in [0.1, 0.15) is 22.3 Å². The quantitative estimate of drug-likeness (QED) is 0.546. The maximum Gasteiger partial charge on any atom is 0.285 e. The van der Waals surface area contributed by atoms with Gasteiger partial charge in [-0.1, -0.05) is 6.07 Å². The third-order valence-corrected chi connectivity index (χ3v) is 6.06. The van der Waals surface area contributed by atoms with Gasteiger partial charge in [-0.3, -0.25) is 0 Å². The van der Waals surface area contributed by atoms with E-state index in [0.29, 0.717) is 23.6 Å². The summed E-state index contributed by atoms with van der Waals surface area (Å²) in [5.41, 5.74) is 6.80. The maximum absolute atomic E-state index is 12.1. The average Bonchev–Trinajstić information content (AvgIpc) is 3.10. The predicted octanol–water partition coefficient (Wildman–Crippen LogP) is 1.90. The molecule has 1 aliphatic rings. The van der Waals surface area contributed by atoms with Gasteiger partial charge in [0, 0.05) is 18.0 Å². The summed E-state index contributed by atoms with van der Waals surface area (Å²) in [5, 5.41) is 3.08. The highest BCUT2D eigenvalue weighted by Gasteiger charge is 2.30. The number of hydrogen-bond donors (Lipinski definition) is 2. The molecule has 0 spiro atoms. The fraction of sp³-hybridized carbons (Fsp3) is 0.353. The second-order valence-corrected chi connectivity index (χ2v) is 8.90. The monoisotopic (exact) mass is 394 g/mol. The molecule has 0 unspecified atom stereocenters.